The van der Waals surface area contributed by atoms with Crippen LogP contribution in [0.15, 0.2) is 42.6 Å². The molecule has 4 atom stereocenters. The van der Waals surface area contributed by atoms with E-state index in [0.717, 1.165) is 24.8 Å². The van der Waals surface area contributed by atoms with Crippen molar-refractivity contribution in [3.05, 3.63) is 48.2 Å². The minimum absolute atomic E-state index is 0.0375. The molecule has 2 amide bonds. The zero-order valence-electron chi connectivity index (χ0n) is 18.1. The normalized spacial score (nSPS) is 28.6. The van der Waals surface area contributed by atoms with Crippen LogP contribution in [0.5, 0.6) is 0 Å². The molecule has 2 N–H and O–H groups in total. The van der Waals surface area contributed by atoms with Gasteiger partial charge in [-0.25, -0.2) is 0 Å². The Kier molecular flexibility index (Phi) is 5.34. The van der Waals surface area contributed by atoms with Gasteiger partial charge in [-0.1, -0.05) is 56.5 Å². The molecular weight excluding hydrogens is 390 g/mol. The third-order valence-electron chi connectivity index (χ3n) is 7.14. The van der Waals surface area contributed by atoms with Gasteiger partial charge in [0.1, 0.15) is 5.60 Å². The third-order valence-corrected chi connectivity index (χ3v) is 7.14. The van der Waals surface area contributed by atoms with Gasteiger partial charge in [-0.2, -0.15) is 0 Å². The zero-order valence-corrected chi connectivity index (χ0v) is 18.1. The van der Waals surface area contributed by atoms with Gasteiger partial charge in [0.05, 0.1) is 24.5 Å². The summed E-state index contributed by atoms with van der Waals surface area (Å²) in [6.45, 7) is 4.01. The third kappa shape index (κ3) is 3.47. The van der Waals surface area contributed by atoms with Crippen molar-refractivity contribution in [2.45, 2.75) is 50.7 Å². The number of fused-ring (bicyclic) bond motifs is 2. The van der Waals surface area contributed by atoms with Gasteiger partial charge in [0.2, 0.25) is 11.8 Å². The summed E-state index contributed by atoms with van der Waals surface area (Å²) in [4.78, 5) is 31.5. The number of nitrogens with one attached hydrogen (secondary N) is 2. The summed E-state index contributed by atoms with van der Waals surface area (Å²) in [5.41, 5.74) is 1.69. The summed E-state index contributed by atoms with van der Waals surface area (Å²) in [5.74, 6) is -0.801. The van der Waals surface area contributed by atoms with Gasteiger partial charge in [-0.05, 0) is 24.5 Å². The van der Waals surface area contributed by atoms with Crippen LogP contribution in [-0.4, -0.2) is 53.0 Å². The van der Waals surface area contributed by atoms with Crippen LogP contribution in [0.4, 0.5) is 0 Å². The summed E-state index contributed by atoms with van der Waals surface area (Å²) in [5, 5.41) is 4.26. The molecular formula is C25H31N3O3. The van der Waals surface area contributed by atoms with Crippen LogP contribution in [-0.2, 0) is 20.7 Å². The van der Waals surface area contributed by atoms with E-state index in [2.05, 4.69) is 29.4 Å². The summed E-state index contributed by atoms with van der Waals surface area (Å²) >= 11 is 0. The van der Waals surface area contributed by atoms with Gasteiger partial charge in [0, 0.05) is 30.2 Å². The second-order valence-corrected chi connectivity index (χ2v) is 9.12. The fraction of sp³-hybridized carbons (Fsp3) is 0.520. The van der Waals surface area contributed by atoms with Crippen molar-refractivity contribution < 1.29 is 14.3 Å². The Balaban J connectivity index is 1.24. The summed E-state index contributed by atoms with van der Waals surface area (Å²) in [6, 6.07) is 8.22. The number of nitrogens with zero attached hydrogens (tertiary/aromatic N) is 1. The molecule has 6 heteroatoms. The van der Waals surface area contributed by atoms with E-state index in [0.29, 0.717) is 19.6 Å². The average molecular weight is 422 g/mol. The first-order valence-electron chi connectivity index (χ1n) is 11.6. The lowest BCUT2D eigenvalue weighted by atomic mass is 9.77. The number of aromatic amines is 1. The first-order valence-corrected chi connectivity index (χ1v) is 11.6. The summed E-state index contributed by atoms with van der Waals surface area (Å²) in [6.07, 6.45) is 11.0. The van der Waals surface area contributed by atoms with Gasteiger partial charge in [-0.3, -0.25) is 9.59 Å². The largest absolute Gasteiger partial charge is 0.361 e. The van der Waals surface area contributed by atoms with Gasteiger partial charge in [0.15, 0.2) is 0 Å². The van der Waals surface area contributed by atoms with Crippen LogP contribution in [0, 0.1) is 11.8 Å². The Hall–Kier alpha value is -2.60. The van der Waals surface area contributed by atoms with Crippen LogP contribution in [0.1, 0.15) is 38.2 Å². The second-order valence-electron chi connectivity index (χ2n) is 9.12. The smallest absolute Gasteiger partial charge is 0.230 e. The lowest BCUT2D eigenvalue weighted by Crippen LogP contribution is -2.44. The SMILES string of the molecule is CCCCCCNC(=O)[C@H]1[C@@H]2C=C[C@@]3(CN(CCc4c[nH]c5ccccc45)C(=O)[C@H]13)O2. The quantitative estimate of drug-likeness (QED) is 0.482. The molecule has 2 aromatic rings. The van der Waals surface area contributed by atoms with E-state index in [1.54, 1.807) is 0 Å². The Morgan fingerprint density at radius 3 is 3.03 bits per heavy atom. The van der Waals surface area contributed by atoms with E-state index in [9.17, 15) is 9.59 Å². The molecule has 0 radical (unpaired) electrons. The summed E-state index contributed by atoms with van der Waals surface area (Å²) in [7, 11) is 0. The highest BCUT2D eigenvalue weighted by atomic mass is 16.5. The second kappa shape index (κ2) is 8.15. The van der Waals surface area contributed by atoms with E-state index in [-0.39, 0.29) is 17.9 Å². The van der Waals surface area contributed by atoms with Crippen molar-refractivity contribution in [1.82, 2.24) is 15.2 Å². The van der Waals surface area contributed by atoms with Crippen LogP contribution in [0.3, 0.4) is 0 Å². The summed E-state index contributed by atoms with van der Waals surface area (Å²) < 4.78 is 6.23. The van der Waals surface area contributed by atoms with Crippen molar-refractivity contribution in [2.24, 2.45) is 11.8 Å². The number of benzene rings is 1. The van der Waals surface area contributed by atoms with E-state index >= 15 is 0 Å². The maximum absolute atomic E-state index is 13.3. The van der Waals surface area contributed by atoms with Crippen molar-refractivity contribution in [2.75, 3.05) is 19.6 Å². The predicted octanol–water partition coefficient (Wildman–Crippen LogP) is 3.19. The Morgan fingerprint density at radius 2 is 2.16 bits per heavy atom. The molecule has 3 aliphatic rings. The van der Waals surface area contributed by atoms with Crippen molar-refractivity contribution >= 4 is 22.7 Å². The molecule has 4 heterocycles. The van der Waals surface area contributed by atoms with E-state index in [1.807, 2.05) is 35.4 Å². The molecule has 0 unspecified atom stereocenters. The number of amides is 2. The number of hydrogen-bond acceptors (Lipinski definition) is 3. The molecule has 2 bridgehead atoms. The maximum Gasteiger partial charge on any atom is 0.230 e. The molecule has 0 saturated carbocycles. The maximum atomic E-state index is 13.3. The van der Waals surface area contributed by atoms with Gasteiger partial charge in [-0.15, -0.1) is 0 Å². The molecule has 1 aromatic carbocycles. The number of aromatic nitrogens is 1. The number of likely N-dealkylation sites (tertiary alicyclic amines) is 1. The predicted molar refractivity (Wildman–Crippen MR) is 119 cm³/mol. The molecule has 0 aliphatic carbocycles. The number of carbonyl (C=O) groups is 2. The first kappa shape index (κ1) is 20.3. The number of hydrogen-bond donors (Lipinski definition) is 2. The molecule has 31 heavy (non-hydrogen) atoms. The van der Waals surface area contributed by atoms with E-state index in [4.69, 9.17) is 4.74 Å². The highest BCUT2D eigenvalue weighted by Gasteiger charge is 2.66. The van der Waals surface area contributed by atoms with Crippen molar-refractivity contribution in [1.29, 1.82) is 0 Å². The monoisotopic (exact) mass is 421 g/mol. The van der Waals surface area contributed by atoms with Crippen LogP contribution < -0.4 is 5.32 Å². The highest BCUT2D eigenvalue weighted by molar-refractivity contribution is 5.93. The molecule has 1 spiro atoms. The number of ether oxygens (including phenoxy) is 1. The minimum Gasteiger partial charge on any atom is -0.361 e. The molecule has 3 aliphatic heterocycles. The van der Waals surface area contributed by atoms with E-state index in [1.165, 1.54) is 23.8 Å². The number of H-pyrrole nitrogens is 1. The number of unbranched alkanes of at least 4 members (excludes halogenated alkanes) is 3. The Morgan fingerprint density at radius 1 is 1.29 bits per heavy atom. The van der Waals surface area contributed by atoms with Gasteiger partial charge >= 0.3 is 0 Å². The average Bonchev–Trinajstić information content (AvgIpc) is 3.52. The fourth-order valence-electron chi connectivity index (χ4n) is 5.54. The molecule has 5 rings (SSSR count). The fourth-order valence-corrected chi connectivity index (χ4v) is 5.54. The first-order chi connectivity index (χ1) is 15.1. The van der Waals surface area contributed by atoms with Crippen LogP contribution >= 0.6 is 0 Å². The van der Waals surface area contributed by atoms with E-state index < -0.39 is 17.4 Å². The molecule has 1 aromatic heterocycles. The van der Waals surface area contributed by atoms with Gasteiger partial charge < -0.3 is 19.9 Å². The molecule has 2 fully saturated rings. The lowest BCUT2D eigenvalue weighted by molar-refractivity contribution is -0.137. The van der Waals surface area contributed by atoms with Crippen molar-refractivity contribution in [3.63, 3.8) is 0 Å². The Labute approximate surface area is 183 Å². The topological polar surface area (TPSA) is 74.4 Å². The number of carbonyl (C=O) groups excluding carboxylic acids is 2. The number of rotatable bonds is 9. The lowest BCUT2D eigenvalue weighted by Gasteiger charge is -2.23. The van der Waals surface area contributed by atoms with Crippen LogP contribution in [0.25, 0.3) is 10.9 Å². The minimum atomic E-state index is -0.633. The molecule has 2 saturated heterocycles. The highest BCUT2D eigenvalue weighted by Crippen LogP contribution is 2.51. The number of para-hydroxylation sites is 1. The standard InChI is InChI=1S/C25H31N3O3/c1-2-3-4-7-13-26-23(29)21-20-10-12-25(31-20)16-28(24(30)22(21)25)14-11-17-15-27-19-9-6-5-8-18(17)19/h5-6,8-10,12,15,20-22,27H,2-4,7,11,13-14,16H2,1H3,(H,26,29)/t20-,21-,22-,25-/m0/s1. The zero-order chi connectivity index (χ0) is 21.4. The molecule has 164 valence electrons. The van der Waals surface area contributed by atoms with Crippen LogP contribution in [0.2, 0.25) is 0 Å². The Bertz CT molecular complexity index is 1010. The van der Waals surface area contributed by atoms with Crippen molar-refractivity contribution in [3.8, 4) is 0 Å². The molecule has 6 nitrogen and oxygen atoms in total. The van der Waals surface area contributed by atoms with Gasteiger partial charge in [0.25, 0.3) is 0 Å².